The number of aliphatic imine (C=N–C) groups is 1. The van der Waals surface area contributed by atoms with Crippen molar-refractivity contribution < 1.29 is 14.6 Å². The summed E-state index contributed by atoms with van der Waals surface area (Å²) in [7, 11) is 0. The maximum absolute atomic E-state index is 11.8. The molecule has 1 aromatic heterocycles. The van der Waals surface area contributed by atoms with Crippen molar-refractivity contribution in [2.45, 2.75) is 13.8 Å². The highest BCUT2D eigenvalue weighted by molar-refractivity contribution is 9.11. The Kier molecular flexibility index (Phi) is 5.77. The third kappa shape index (κ3) is 3.97. The number of rotatable bonds is 4. The summed E-state index contributed by atoms with van der Waals surface area (Å²) in [6, 6.07) is 5.37. The highest BCUT2D eigenvalue weighted by Crippen LogP contribution is 2.33. The largest absolute Gasteiger partial charge is 0.506 e. The van der Waals surface area contributed by atoms with Crippen LogP contribution >= 0.6 is 43.2 Å². The van der Waals surface area contributed by atoms with Gasteiger partial charge in [0.2, 0.25) is 0 Å². The third-order valence-corrected chi connectivity index (χ3v) is 5.08. The minimum absolute atomic E-state index is 0.147. The number of halogens is 2. The Morgan fingerprint density at radius 3 is 2.59 bits per heavy atom. The summed E-state index contributed by atoms with van der Waals surface area (Å²) >= 11 is 7.84. The number of aromatic hydroxyl groups is 1. The Bertz CT molecular complexity index is 717. The highest BCUT2D eigenvalue weighted by atomic mass is 79.9. The van der Waals surface area contributed by atoms with Gasteiger partial charge in [0.05, 0.1) is 15.6 Å². The molecule has 0 bridgehead atoms. The van der Waals surface area contributed by atoms with E-state index in [0.717, 1.165) is 16.1 Å². The van der Waals surface area contributed by atoms with E-state index in [2.05, 4.69) is 36.9 Å². The van der Waals surface area contributed by atoms with Crippen LogP contribution in [0.3, 0.4) is 0 Å². The SMILES string of the molecule is CCOC(=O)c1sc(/N=C/c2cc(Br)c(O)c(Br)c2)cc1C. The number of carbonyl (C=O) groups is 1. The molecule has 22 heavy (non-hydrogen) atoms. The van der Waals surface area contributed by atoms with Crippen molar-refractivity contribution in [1.29, 1.82) is 0 Å². The van der Waals surface area contributed by atoms with E-state index in [0.29, 0.717) is 20.4 Å². The molecule has 0 atom stereocenters. The Labute approximate surface area is 149 Å². The van der Waals surface area contributed by atoms with Gasteiger partial charge in [-0.15, -0.1) is 11.3 Å². The normalized spacial score (nSPS) is 11.1. The van der Waals surface area contributed by atoms with E-state index in [9.17, 15) is 9.90 Å². The summed E-state index contributed by atoms with van der Waals surface area (Å²) in [5, 5.41) is 10.4. The average Bonchev–Trinajstić information content (AvgIpc) is 2.84. The van der Waals surface area contributed by atoms with E-state index >= 15 is 0 Å². The highest BCUT2D eigenvalue weighted by Gasteiger charge is 2.14. The number of carbonyl (C=O) groups excluding carboxylic acids is 1. The number of hydrogen-bond donors (Lipinski definition) is 1. The molecule has 2 rings (SSSR count). The van der Waals surface area contributed by atoms with Crippen LogP contribution in [0.2, 0.25) is 0 Å². The zero-order valence-corrected chi connectivity index (χ0v) is 15.9. The molecule has 7 heteroatoms. The monoisotopic (exact) mass is 445 g/mol. The molecule has 1 aromatic carbocycles. The van der Waals surface area contributed by atoms with Crippen molar-refractivity contribution >= 4 is 60.4 Å². The number of phenolic OH excluding ortho intramolecular Hbond substituents is 1. The zero-order valence-electron chi connectivity index (χ0n) is 11.9. The van der Waals surface area contributed by atoms with Crippen molar-refractivity contribution in [3.63, 3.8) is 0 Å². The molecule has 0 saturated carbocycles. The average molecular weight is 447 g/mol. The summed E-state index contributed by atoms with van der Waals surface area (Å²) in [6.07, 6.45) is 1.68. The molecule has 0 spiro atoms. The number of ether oxygens (including phenoxy) is 1. The van der Waals surface area contributed by atoms with Gasteiger partial charge >= 0.3 is 5.97 Å². The van der Waals surface area contributed by atoms with Gasteiger partial charge in [-0.1, -0.05) is 0 Å². The molecule has 0 aliphatic heterocycles. The molecule has 0 amide bonds. The summed E-state index contributed by atoms with van der Waals surface area (Å²) in [6.45, 7) is 3.99. The van der Waals surface area contributed by atoms with Gasteiger partial charge in [-0.2, -0.15) is 0 Å². The lowest BCUT2D eigenvalue weighted by Crippen LogP contribution is -2.03. The fourth-order valence-corrected chi connectivity index (χ4v) is 3.86. The van der Waals surface area contributed by atoms with Gasteiger partial charge in [-0.25, -0.2) is 9.79 Å². The first-order chi connectivity index (χ1) is 10.4. The molecule has 0 aliphatic rings. The molecule has 1 N–H and O–H groups in total. The molecule has 0 aliphatic carbocycles. The van der Waals surface area contributed by atoms with Gasteiger partial charge in [0.15, 0.2) is 0 Å². The van der Waals surface area contributed by atoms with E-state index in [-0.39, 0.29) is 11.7 Å². The van der Waals surface area contributed by atoms with Crippen LogP contribution in [0, 0.1) is 6.92 Å². The summed E-state index contributed by atoms with van der Waals surface area (Å²) < 4.78 is 6.17. The smallest absolute Gasteiger partial charge is 0.348 e. The van der Waals surface area contributed by atoms with Crippen molar-refractivity contribution in [2.75, 3.05) is 6.61 Å². The first-order valence-corrected chi connectivity index (χ1v) is 8.82. The van der Waals surface area contributed by atoms with Crippen molar-refractivity contribution in [1.82, 2.24) is 0 Å². The first kappa shape index (κ1) is 17.2. The third-order valence-electron chi connectivity index (χ3n) is 2.75. The molecule has 0 saturated heterocycles. The summed E-state index contributed by atoms with van der Waals surface area (Å²) in [4.78, 5) is 16.7. The van der Waals surface area contributed by atoms with E-state index in [1.807, 2.05) is 13.0 Å². The minimum atomic E-state index is -0.318. The number of esters is 1. The lowest BCUT2D eigenvalue weighted by molar-refractivity contribution is 0.0531. The van der Waals surface area contributed by atoms with Gasteiger partial charge in [0.25, 0.3) is 0 Å². The summed E-state index contributed by atoms with van der Waals surface area (Å²) in [5.41, 5.74) is 1.67. The van der Waals surface area contributed by atoms with E-state index < -0.39 is 0 Å². The van der Waals surface area contributed by atoms with Crippen LogP contribution in [-0.4, -0.2) is 23.9 Å². The van der Waals surface area contributed by atoms with Gasteiger partial charge < -0.3 is 9.84 Å². The fraction of sp³-hybridized carbons (Fsp3) is 0.200. The number of thiophene rings is 1. The lowest BCUT2D eigenvalue weighted by atomic mass is 10.2. The molecule has 2 aromatic rings. The Morgan fingerprint density at radius 1 is 1.36 bits per heavy atom. The van der Waals surface area contributed by atoms with Gasteiger partial charge in [0, 0.05) is 6.21 Å². The van der Waals surface area contributed by atoms with E-state index in [1.54, 1.807) is 25.3 Å². The van der Waals surface area contributed by atoms with Crippen LogP contribution < -0.4 is 0 Å². The molecule has 0 unspecified atom stereocenters. The number of phenols is 1. The standard InChI is InChI=1S/C15H13Br2NO3S/c1-3-21-15(20)14-8(2)4-12(22-14)18-7-9-5-10(16)13(19)11(17)6-9/h4-7,19H,3H2,1-2H3/b18-7+. The number of nitrogens with zero attached hydrogens (tertiary/aromatic N) is 1. The number of hydrogen-bond acceptors (Lipinski definition) is 5. The van der Waals surface area contributed by atoms with Crippen LogP contribution in [0.15, 0.2) is 32.1 Å². The number of aryl methyl sites for hydroxylation is 1. The Balaban J connectivity index is 2.24. The second-order valence-corrected chi connectivity index (χ2v) is 7.15. The Hall–Kier alpha value is -1.18. The molecular formula is C15H13Br2NO3S. The minimum Gasteiger partial charge on any atom is -0.506 e. The molecule has 0 fully saturated rings. The Morgan fingerprint density at radius 2 is 2.00 bits per heavy atom. The topological polar surface area (TPSA) is 58.9 Å². The zero-order chi connectivity index (χ0) is 16.3. The second-order valence-electron chi connectivity index (χ2n) is 4.41. The van der Waals surface area contributed by atoms with Gasteiger partial charge in [0.1, 0.15) is 15.6 Å². The van der Waals surface area contributed by atoms with Crippen molar-refractivity contribution in [3.8, 4) is 5.75 Å². The maximum Gasteiger partial charge on any atom is 0.348 e. The van der Waals surface area contributed by atoms with Crippen molar-refractivity contribution in [3.05, 3.63) is 43.1 Å². The fourth-order valence-electron chi connectivity index (χ4n) is 1.73. The quantitative estimate of drug-likeness (QED) is 0.517. The summed E-state index contributed by atoms with van der Waals surface area (Å²) in [5.74, 6) is -0.171. The van der Waals surface area contributed by atoms with Crippen LogP contribution in [0.4, 0.5) is 5.00 Å². The molecule has 4 nitrogen and oxygen atoms in total. The molecule has 116 valence electrons. The predicted octanol–water partition coefficient (Wildman–Crippen LogP) is 5.21. The maximum atomic E-state index is 11.8. The second kappa shape index (κ2) is 7.39. The van der Waals surface area contributed by atoms with Gasteiger partial charge in [-0.3, -0.25) is 0 Å². The first-order valence-electron chi connectivity index (χ1n) is 6.42. The van der Waals surface area contributed by atoms with E-state index in [1.165, 1.54) is 11.3 Å². The van der Waals surface area contributed by atoms with Gasteiger partial charge in [-0.05, 0) is 75.0 Å². The van der Waals surface area contributed by atoms with E-state index in [4.69, 9.17) is 4.74 Å². The van der Waals surface area contributed by atoms with Crippen LogP contribution in [0.1, 0.15) is 27.7 Å². The number of benzene rings is 1. The van der Waals surface area contributed by atoms with Crippen LogP contribution in [0.5, 0.6) is 5.75 Å². The predicted molar refractivity (Wildman–Crippen MR) is 95.8 cm³/mol. The molecule has 0 radical (unpaired) electrons. The van der Waals surface area contributed by atoms with Crippen LogP contribution in [-0.2, 0) is 4.74 Å². The lowest BCUT2D eigenvalue weighted by Gasteiger charge is -2.01. The molecular weight excluding hydrogens is 434 g/mol. The van der Waals surface area contributed by atoms with Crippen molar-refractivity contribution in [2.24, 2.45) is 4.99 Å². The molecule has 1 heterocycles. The van der Waals surface area contributed by atoms with Crippen LogP contribution in [0.25, 0.3) is 0 Å².